The van der Waals surface area contributed by atoms with Crippen molar-refractivity contribution in [2.24, 2.45) is 0 Å². The molecular weight excluding hydrogens is 373 g/mol. The molecule has 0 saturated carbocycles. The topological polar surface area (TPSA) is 3.88 Å². The summed E-state index contributed by atoms with van der Waals surface area (Å²) < 4.78 is 3.81. The van der Waals surface area contributed by atoms with Gasteiger partial charge >= 0.3 is 0 Å². The second-order valence-electron chi connectivity index (χ2n) is 4.01. The summed E-state index contributed by atoms with van der Waals surface area (Å²) in [5, 5.41) is 1.40. The van der Waals surface area contributed by atoms with Gasteiger partial charge in [-0.25, -0.2) is 0 Å². The normalized spacial score (nSPS) is 10.6. The minimum absolute atomic E-state index is 0. The molecule has 0 saturated heterocycles. The molecule has 0 radical (unpaired) electrons. The number of aryl methyl sites for hydroxylation is 2. The molecule has 1 aromatic carbocycles. The van der Waals surface area contributed by atoms with Crippen molar-refractivity contribution in [1.82, 2.24) is 0 Å². The van der Waals surface area contributed by atoms with E-state index < -0.39 is 0 Å². The number of hydrogen-bond donors (Lipinski definition) is 0. The van der Waals surface area contributed by atoms with E-state index in [-0.39, 0.29) is 24.0 Å². The Kier molecular flexibility index (Phi) is 4.40. The lowest BCUT2D eigenvalue weighted by Crippen LogP contribution is -3.00. The monoisotopic (exact) mass is 387 g/mol. The lowest BCUT2D eigenvalue weighted by atomic mass is 10.2. The maximum Gasteiger partial charge on any atom is 0.280 e. The van der Waals surface area contributed by atoms with Crippen molar-refractivity contribution in [2.45, 2.75) is 20.4 Å². The van der Waals surface area contributed by atoms with E-state index in [4.69, 9.17) is 0 Å². The first kappa shape index (κ1) is 14.0. The summed E-state index contributed by atoms with van der Waals surface area (Å²) in [6, 6.07) is 12.9. The second-order valence-corrected chi connectivity index (χ2v) is 6.28. The summed E-state index contributed by atoms with van der Waals surface area (Å²) in [4.78, 5) is 2.78. The van der Waals surface area contributed by atoms with Gasteiger partial charge in [0.1, 0.15) is 11.2 Å². The summed E-state index contributed by atoms with van der Waals surface area (Å²) in [6.07, 6.45) is 0. The minimum Gasteiger partial charge on any atom is -1.00 e. The zero-order chi connectivity index (χ0) is 11.8. The van der Waals surface area contributed by atoms with Crippen LogP contribution in [0.15, 0.2) is 36.4 Å². The molecule has 3 aromatic rings. The van der Waals surface area contributed by atoms with Crippen LogP contribution in [0.3, 0.4) is 0 Å². The van der Waals surface area contributed by atoms with Crippen molar-refractivity contribution in [3.8, 4) is 10.4 Å². The van der Waals surface area contributed by atoms with Gasteiger partial charge in [0.25, 0.3) is 4.83 Å². The fraction of sp³-hybridized carbons (Fsp3) is 0.214. The molecule has 0 spiro atoms. The number of nitrogens with zero attached hydrogens (tertiary/aromatic N) is 1. The second kappa shape index (κ2) is 5.67. The SMILES string of the molecule is CC[n+]1c(C)sc2cc(-c3ccccc3)sc21.[I-]. The third-order valence-corrected chi connectivity index (χ3v) is 5.32. The number of thiophene rings is 1. The number of halogens is 1. The van der Waals surface area contributed by atoms with Crippen LogP contribution < -0.4 is 28.5 Å². The van der Waals surface area contributed by atoms with Crippen LogP contribution in [0.4, 0.5) is 0 Å². The van der Waals surface area contributed by atoms with Crippen LogP contribution in [0.1, 0.15) is 11.9 Å². The Morgan fingerprint density at radius 1 is 1.11 bits per heavy atom. The molecule has 0 fully saturated rings. The van der Waals surface area contributed by atoms with Crippen molar-refractivity contribution in [2.75, 3.05) is 0 Å². The minimum atomic E-state index is 0. The number of thiazole rings is 1. The van der Waals surface area contributed by atoms with Crippen molar-refractivity contribution >= 4 is 32.2 Å². The highest BCUT2D eigenvalue weighted by atomic mass is 127. The Hall–Kier alpha value is -0.460. The summed E-state index contributed by atoms with van der Waals surface area (Å²) >= 11 is 3.79. The molecule has 2 heterocycles. The van der Waals surface area contributed by atoms with Gasteiger partial charge in [-0.3, -0.25) is 0 Å². The molecule has 0 aliphatic carbocycles. The first-order chi connectivity index (χ1) is 8.29. The van der Waals surface area contributed by atoms with Gasteiger partial charge in [-0.1, -0.05) is 53.0 Å². The van der Waals surface area contributed by atoms with E-state index in [0.717, 1.165) is 6.54 Å². The van der Waals surface area contributed by atoms with E-state index >= 15 is 0 Å². The van der Waals surface area contributed by atoms with E-state index in [1.165, 1.54) is 25.0 Å². The predicted molar refractivity (Wildman–Crippen MR) is 75.7 cm³/mol. The fourth-order valence-corrected chi connectivity index (χ4v) is 4.67. The highest BCUT2D eigenvalue weighted by Gasteiger charge is 2.19. The third kappa shape index (κ3) is 2.33. The number of hydrogen-bond acceptors (Lipinski definition) is 2. The Morgan fingerprint density at radius 2 is 1.83 bits per heavy atom. The zero-order valence-corrected chi connectivity index (χ0v) is 14.1. The number of fused-ring (bicyclic) bond motifs is 1. The Balaban J connectivity index is 0.00000120. The molecule has 1 nitrogen and oxygen atoms in total. The van der Waals surface area contributed by atoms with E-state index in [9.17, 15) is 0 Å². The number of aromatic nitrogens is 1. The maximum atomic E-state index is 2.40. The average Bonchev–Trinajstić information content (AvgIpc) is 2.86. The highest BCUT2D eigenvalue weighted by Crippen LogP contribution is 2.35. The predicted octanol–water partition coefficient (Wildman–Crippen LogP) is 1.25. The van der Waals surface area contributed by atoms with Crippen LogP contribution in [0.2, 0.25) is 0 Å². The molecule has 4 heteroatoms. The first-order valence-electron chi connectivity index (χ1n) is 5.78. The van der Waals surface area contributed by atoms with Crippen LogP contribution in [-0.4, -0.2) is 0 Å². The standard InChI is InChI=1S/C14H14NS2.HI/c1-3-15-10(2)16-13-9-12(17-14(13)15)11-7-5-4-6-8-11;/h4-9H,3H2,1-2H3;1H/q+1;/p-1. The molecule has 0 amide bonds. The molecule has 0 unspecified atom stereocenters. The van der Waals surface area contributed by atoms with Gasteiger partial charge in [-0.15, -0.1) is 0 Å². The summed E-state index contributed by atoms with van der Waals surface area (Å²) in [6.45, 7) is 5.46. The van der Waals surface area contributed by atoms with Crippen molar-refractivity contribution in [3.05, 3.63) is 41.4 Å². The first-order valence-corrected chi connectivity index (χ1v) is 7.41. The molecule has 2 aromatic heterocycles. The maximum absolute atomic E-state index is 2.40. The molecule has 0 bridgehead atoms. The van der Waals surface area contributed by atoms with Gasteiger partial charge in [0, 0.05) is 11.8 Å². The number of rotatable bonds is 2. The molecule has 18 heavy (non-hydrogen) atoms. The molecule has 3 rings (SSSR count). The molecule has 0 aliphatic heterocycles. The summed E-state index contributed by atoms with van der Waals surface area (Å²) in [5.41, 5.74) is 1.32. The van der Waals surface area contributed by atoms with Crippen molar-refractivity contribution in [3.63, 3.8) is 0 Å². The lowest BCUT2D eigenvalue weighted by Gasteiger charge is -1.94. The van der Waals surface area contributed by atoms with Gasteiger partial charge in [-0.2, -0.15) is 4.57 Å². The van der Waals surface area contributed by atoms with Gasteiger partial charge in [0.2, 0.25) is 5.01 Å². The van der Waals surface area contributed by atoms with Gasteiger partial charge in [0.15, 0.2) is 0 Å². The Labute approximate surface area is 132 Å². The molecule has 0 atom stereocenters. The lowest BCUT2D eigenvalue weighted by molar-refractivity contribution is -0.667. The van der Waals surface area contributed by atoms with Crippen molar-refractivity contribution < 1.29 is 28.5 Å². The Morgan fingerprint density at radius 3 is 2.50 bits per heavy atom. The fourth-order valence-electron chi connectivity index (χ4n) is 2.09. The van der Waals surface area contributed by atoms with Crippen LogP contribution in [0.5, 0.6) is 0 Å². The molecule has 0 aliphatic rings. The van der Waals surface area contributed by atoms with E-state index in [2.05, 4.69) is 54.8 Å². The molecule has 0 N–H and O–H groups in total. The van der Waals surface area contributed by atoms with Crippen LogP contribution >= 0.6 is 22.7 Å². The van der Waals surface area contributed by atoms with Crippen LogP contribution in [0.25, 0.3) is 20.0 Å². The molecular formula is C14H14INS2. The largest absolute Gasteiger partial charge is 1.00 e. The van der Waals surface area contributed by atoms with E-state index in [1.807, 2.05) is 22.7 Å². The zero-order valence-electron chi connectivity index (χ0n) is 10.3. The van der Waals surface area contributed by atoms with Crippen LogP contribution in [-0.2, 0) is 6.54 Å². The van der Waals surface area contributed by atoms with Crippen LogP contribution in [0, 0.1) is 6.92 Å². The number of benzene rings is 1. The third-order valence-electron chi connectivity index (χ3n) is 2.94. The van der Waals surface area contributed by atoms with E-state index in [0.29, 0.717) is 0 Å². The summed E-state index contributed by atoms with van der Waals surface area (Å²) in [7, 11) is 0. The Bertz CT molecular complexity index is 655. The quantitative estimate of drug-likeness (QED) is 0.461. The van der Waals surface area contributed by atoms with Gasteiger partial charge in [-0.05, 0) is 18.6 Å². The van der Waals surface area contributed by atoms with Gasteiger partial charge in [0.05, 0.1) is 0 Å². The van der Waals surface area contributed by atoms with E-state index in [1.54, 1.807) is 0 Å². The molecule has 94 valence electrons. The van der Waals surface area contributed by atoms with Gasteiger partial charge < -0.3 is 24.0 Å². The summed E-state index contributed by atoms with van der Waals surface area (Å²) in [5.74, 6) is 0. The average molecular weight is 387 g/mol. The smallest absolute Gasteiger partial charge is 0.280 e. The highest BCUT2D eigenvalue weighted by molar-refractivity contribution is 7.28. The van der Waals surface area contributed by atoms with Crippen molar-refractivity contribution in [1.29, 1.82) is 0 Å².